The maximum atomic E-state index is 12.4. The van der Waals surface area contributed by atoms with Crippen molar-refractivity contribution in [3.8, 4) is 0 Å². The Morgan fingerprint density at radius 3 is 2.79 bits per heavy atom. The van der Waals surface area contributed by atoms with Gasteiger partial charge in [0.15, 0.2) is 5.43 Å². The predicted octanol–water partition coefficient (Wildman–Crippen LogP) is 2.00. The van der Waals surface area contributed by atoms with Crippen molar-refractivity contribution >= 4 is 45.9 Å². The zero-order valence-electron chi connectivity index (χ0n) is 12.5. The van der Waals surface area contributed by atoms with E-state index in [9.17, 15) is 19.2 Å². The number of para-hydroxylation sites is 1. The van der Waals surface area contributed by atoms with Crippen molar-refractivity contribution in [1.29, 1.82) is 0 Å². The number of fused-ring (bicyclic) bond motifs is 1. The number of hydrogen-bond donors (Lipinski definition) is 0. The minimum atomic E-state index is -0.705. The molecule has 24 heavy (non-hydrogen) atoms. The number of rotatable bonds is 3. The summed E-state index contributed by atoms with van der Waals surface area (Å²) in [6, 6.07) is 6.71. The lowest BCUT2D eigenvalue weighted by molar-refractivity contribution is -0.143. The minimum Gasteiger partial charge on any atom is -0.468 e. The van der Waals surface area contributed by atoms with Crippen LogP contribution in [0.1, 0.15) is 5.56 Å². The topological polar surface area (TPSA) is 93.9 Å². The van der Waals surface area contributed by atoms with E-state index < -0.39 is 23.7 Å². The van der Waals surface area contributed by atoms with Crippen molar-refractivity contribution in [1.82, 2.24) is 4.90 Å². The summed E-state index contributed by atoms with van der Waals surface area (Å²) in [5, 5.41) is -0.220. The summed E-state index contributed by atoms with van der Waals surface area (Å²) in [5.41, 5.74) is 0.271. The molecule has 0 aliphatic carbocycles. The molecule has 7 nitrogen and oxygen atoms in total. The molecule has 2 aromatic rings. The fraction of sp³-hybridized carbons (Fsp3) is 0.125. The van der Waals surface area contributed by atoms with Crippen LogP contribution in [0.3, 0.4) is 0 Å². The molecule has 1 fully saturated rings. The number of thioether (sulfide) groups is 1. The number of methoxy groups -OCH3 is 1. The fourth-order valence-corrected chi connectivity index (χ4v) is 2.99. The summed E-state index contributed by atoms with van der Waals surface area (Å²) in [5.74, 6) is -1.35. The Labute approximate surface area is 139 Å². The summed E-state index contributed by atoms with van der Waals surface area (Å²) < 4.78 is 9.82. The largest absolute Gasteiger partial charge is 0.468 e. The van der Waals surface area contributed by atoms with Crippen LogP contribution in [0.2, 0.25) is 0 Å². The van der Waals surface area contributed by atoms with Crippen molar-refractivity contribution in [3.05, 3.63) is 51.2 Å². The Balaban J connectivity index is 1.96. The molecular formula is C16H11NO6S. The first-order chi connectivity index (χ1) is 11.5. The number of hydrogen-bond acceptors (Lipinski definition) is 7. The van der Waals surface area contributed by atoms with Crippen molar-refractivity contribution in [3.63, 3.8) is 0 Å². The number of benzene rings is 1. The summed E-state index contributed by atoms with van der Waals surface area (Å²) in [4.78, 5) is 48.6. The van der Waals surface area contributed by atoms with Crippen LogP contribution in [0.5, 0.6) is 0 Å². The summed E-state index contributed by atoms with van der Waals surface area (Å²) in [7, 11) is 1.16. The maximum Gasteiger partial charge on any atom is 0.325 e. The smallest absolute Gasteiger partial charge is 0.325 e. The van der Waals surface area contributed by atoms with E-state index in [1.165, 1.54) is 12.3 Å². The highest BCUT2D eigenvalue weighted by molar-refractivity contribution is 8.18. The molecule has 0 N–H and O–H groups in total. The predicted molar refractivity (Wildman–Crippen MR) is 87.2 cm³/mol. The van der Waals surface area contributed by atoms with Crippen LogP contribution < -0.4 is 5.43 Å². The lowest BCUT2D eigenvalue weighted by Crippen LogP contribution is -2.34. The highest BCUT2D eigenvalue weighted by atomic mass is 32.2. The van der Waals surface area contributed by atoms with Crippen molar-refractivity contribution in [2.45, 2.75) is 0 Å². The van der Waals surface area contributed by atoms with Gasteiger partial charge in [-0.05, 0) is 30.0 Å². The van der Waals surface area contributed by atoms with Gasteiger partial charge in [-0.2, -0.15) is 0 Å². The van der Waals surface area contributed by atoms with Gasteiger partial charge < -0.3 is 9.15 Å². The number of amides is 2. The van der Waals surface area contributed by atoms with E-state index in [0.29, 0.717) is 22.7 Å². The molecule has 122 valence electrons. The van der Waals surface area contributed by atoms with E-state index in [0.717, 1.165) is 12.0 Å². The second-order valence-electron chi connectivity index (χ2n) is 4.86. The summed E-state index contributed by atoms with van der Waals surface area (Å²) in [6.45, 7) is -0.467. The Hall–Kier alpha value is -2.87. The number of carbonyl (C=O) groups is 3. The van der Waals surface area contributed by atoms with Crippen molar-refractivity contribution in [2.24, 2.45) is 0 Å². The van der Waals surface area contributed by atoms with Crippen LogP contribution in [0, 0.1) is 0 Å². The number of nitrogens with zero attached hydrogens (tertiary/aromatic N) is 1. The Morgan fingerprint density at radius 1 is 1.29 bits per heavy atom. The summed E-state index contributed by atoms with van der Waals surface area (Å²) >= 11 is 0.653. The molecule has 1 saturated heterocycles. The average Bonchev–Trinajstić information content (AvgIpc) is 2.85. The van der Waals surface area contributed by atoms with Gasteiger partial charge in [0.2, 0.25) is 0 Å². The van der Waals surface area contributed by atoms with Crippen molar-refractivity contribution in [2.75, 3.05) is 13.7 Å². The normalized spacial score (nSPS) is 16.2. The second-order valence-corrected chi connectivity index (χ2v) is 5.85. The molecule has 2 amide bonds. The third-order valence-electron chi connectivity index (χ3n) is 3.38. The van der Waals surface area contributed by atoms with Gasteiger partial charge in [0, 0.05) is 0 Å². The van der Waals surface area contributed by atoms with Gasteiger partial charge in [0.25, 0.3) is 11.1 Å². The lowest BCUT2D eigenvalue weighted by atomic mass is 10.1. The van der Waals surface area contributed by atoms with E-state index >= 15 is 0 Å². The maximum absolute atomic E-state index is 12.4. The molecule has 0 unspecified atom stereocenters. The molecular weight excluding hydrogens is 334 g/mol. The molecule has 0 atom stereocenters. The summed E-state index contributed by atoms with van der Waals surface area (Å²) in [6.07, 6.45) is 2.53. The third kappa shape index (κ3) is 2.83. The highest BCUT2D eigenvalue weighted by Gasteiger charge is 2.36. The van der Waals surface area contributed by atoms with Gasteiger partial charge in [0.1, 0.15) is 18.4 Å². The zero-order chi connectivity index (χ0) is 17.3. The molecule has 3 rings (SSSR count). The third-order valence-corrected chi connectivity index (χ3v) is 4.29. The van der Waals surface area contributed by atoms with Crippen LogP contribution >= 0.6 is 11.8 Å². The van der Waals surface area contributed by atoms with E-state index in [4.69, 9.17) is 4.42 Å². The standard InChI is InChI=1S/C16H11NO6S/c1-22-13(18)7-17-15(20)12(24-16(17)21)6-9-8-23-11-5-3-2-4-10(11)14(9)19/h2-6,8H,7H2,1H3/b12-6-. The quantitative estimate of drug-likeness (QED) is 0.620. The Bertz CT molecular complexity index is 945. The van der Waals surface area contributed by atoms with Crippen LogP contribution in [0.4, 0.5) is 4.79 Å². The van der Waals surface area contributed by atoms with Crippen LogP contribution in [-0.2, 0) is 14.3 Å². The number of ether oxygens (including phenoxy) is 1. The van der Waals surface area contributed by atoms with Gasteiger partial charge in [-0.1, -0.05) is 12.1 Å². The first-order valence-electron chi connectivity index (χ1n) is 6.84. The van der Waals surface area contributed by atoms with Crippen molar-refractivity contribution < 1.29 is 23.5 Å². The number of imide groups is 1. The van der Waals surface area contributed by atoms with E-state index in [1.807, 2.05) is 0 Å². The van der Waals surface area contributed by atoms with Gasteiger partial charge in [-0.15, -0.1) is 0 Å². The number of carbonyl (C=O) groups excluding carboxylic acids is 3. The van der Waals surface area contributed by atoms with Gasteiger partial charge in [0.05, 0.1) is 23.0 Å². The SMILES string of the molecule is COC(=O)CN1C(=O)S/C(=C\c2coc3ccccc3c2=O)C1=O. The molecule has 0 bridgehead atoms. The molecule has 0 saturated carbocycles. The molecule has 1 aliphatic rings. The van der Waals surface area contributed by atoms with Crippen LogP contribution in [0.25, 0.3) is 17.0 Å². The molecule has 1 aromatic carbocycles. The van der Waals surface area contributed by atoms with Gasteiger partial charge in [-0.25, -0.2) is 0 Å². The van der Waals surface area contributed by atoms with E-state index in [2.05, 4.69) is 4.74 Å². The van der Waals surface area contributed by atoms with Crippen LogP contribution in [-0.4, -0.2) is 35.7 Å². The van der Waals surface area contributed by atoms with E-state index in [-0.39, 0.29) is 15.9 Å². The minimum absolute atomic E-state index is 0.0477. The highest BCUT2D eigenvalue weighted by Crippen LogP contribution is 2.31. The monoisotopic (exact) mass is 345 g/mol. The van der Waals surface area contributed by atoms with Crippen LogP contribution in [0.15, 0.2) is 44.6 Å². The molecule has 1 aliphatic heterocycles. The molecule has 8 heteroatoms. The lowest BCUT2D eigenvalue weighted by Gasteiger charge is -2.09. The first kappa shape index (κ1) is 16.0. The van der Waals surface area contributed by atoms with Gasteiger partial charge >= 0.3 is 5.97 Å². The Morgan fingerprint density at radius 2 is 2.04 bits per heavy atom. The zero-order valence-corrected chi connectivity index (χ0v) is 13.3. The molecule has 0 radical (unpaired) electrons. The molecule has 2 heterocycles. The molecule has 0 spiro atoms. The first-order valence-corrected chi connectivity index (χ1v) is 7.65. The average molecular weight is 345 g/mol. The second kappa shape index (κ2) is 6.32. The number of esters is 1. The fourth-order valence-electron chi connectivity index (χ4n) is 2.16. The van der Waals surface area contributed by atoms with E-state index in [1.54, 1.807) is 24.3 Å². The Kier molecular flexibility index (Phi) is 4.22. The molecule has 1 aromatic heterocycles. The van der Waals surface area contributed by atoms with Gasteiger partial charge in [-0.3, -0.25) is 24.1 Å².